The number of nitrogens with zero attached hydrogens (tertiary/aromatic N) is 6. The van der Waals surface area contributed by atoms with Crippen LogP contribution in [-0.4, -0.2) is 35.5 Å². The van der Waals surface area contributed by atoms with Crippen molar-refractivity contribution in [1.29, 1.82) is 0 Å². The van der Waals surface area contributed by atoms with Crippen molar-refractivity contribution in [3.63, 3.8) is 0 Å². The topological polar surface area (TPSA) is 119 Å². The Hall–Kier alpha value is -3.98. The number of hydrogen-bond donors (Lipinski definition) is 2. The SMILES string of the molecule is C[C@H]1CC[C@@H](c2nc3cccc(Cl)c3c(=O)n2-c2ccccc2)N1c1nc(N)nc2nc[nH]c12. The van der Waals surface area contributed by atoms with Crippen LogP contribution in [0, 0.1) is 0 Å². The summed E-state index contributed by atoms with van der Waals surface area (Å²) in [6.07, 6.45) is 3.25. The van der Waals surface area contributed by atoms with E-state index in [-0.39, 0.29) is 23.6 Å². The van der Waals surface area contributed by atoms with Gasteiger partial charge in [0, 0.05) is 6.04 Å². The van der Waals surface area contributed by atoms with Crippen molar-refractivity contribution in [2.45, 2.75) is 31.8 Å². The third-order valence-corrected chi connectivity index (χ3v) is 6.70. The molecule has 2 aromatic carbocycles. The van der Waals surface area contributed by atoms with Crippen LogP contribution < -0.4 is 16.2 Å². The fourth-order valence-corrected chi connectivity index (χ4v) is 5.12. The maximum absolute atomic E-state index is 13.8. The Labute approximate surface area is 199 Å². The Morgan fingerprint density at radius 3 is 2.71 bits per heavy atom. The smallest absolute Gasteiger partial charge is 0.267 e. The molecule has 10 heteroatoms. The van der Waals surface area contributed by atoms with Crippen molar-refractivity contribution < 1.29 is 0 Å². The van der Waals surface area contributed by atoms with Gasteiger partial charge in [-0.1, -0.05) is 35.9 Å². The molecule has 3 aromatic heterocycles. The molecule has 4 heterocycles. The molecule has 2 atom stereocenters. The first-order valence-corrected chi connectivity index (χ1v) is 11.4. The van der Waals surface area contributed by atoms with Crippen LogP contribution in [0.3, 0.4) is 0 Å². The van der Waals surface area contributed by atoms with E-state index in [1.165, 1.54) is 0 Å². The summed E-state index contributed by atoms with van der Waals surface area (Å²) in [5.74, 6) is 1.42. The van der Waals surface area contributed by atoms with E-state index in [2.05, 4.69) is 31.8 Å². The van der Waals surface area contributed by atoms with Crippen molar-refractivity contribution in [3.05, 3.63) is 76.1 Å². The van der Waals surface area contributed by atoms with Crippen LogP contribution in [0.15, 0.2) is 59.7 Å². The standard InChI is InChI=1S/C24H21ClN8O/c1-13-10-11-17(32(13)22-19-20(28-12-27-19)30-24(26)31-22)21-29-16-9-5-8-15(25)18(16)23(34)33(21)14-6-3-2-4-7-14/h2-9,12-13,17H,10-11H2,1H3,(H3,26,27,28,30,31)/t13-,17-/m0/s1. The summed E-state index contributed by atoms with van der Waals surface area (Å²) >= 11 is 6.45. The summed E-state index contributed by atoms with van der Waals surface area (Å²) in [5.41, 5.74) is 8.31. The fraction of sp³-hybridized carbons (Fsp3) is 0.208. The van der Waals surface area contributed by atoms with Gasteiger partial charge in [-0.3, -0.25) is 9.36 Å². The Morgan fingerprint density at radius 2 is 1.88 bits per heavy atom. The van der Waals surface area contributed by atoms with Crippen LogP contribution in [0.25, 0.3) is 27.8 Å². The quantitative estimate of drug-likeness (QED) is 0.407. The summed E-state index contributed by atoms with van der Waals surface area (Å²) < 4.78 is 1.67. The van der Waals surface area contributed by atoms with Gasteiger partial charge < -0.3 is 15.6 Å². The zero-order chi connectivity index (χ0) is 23.4. The van der Waals surface area contributed by atoms with Gasteiger partial charge in [0.25, 0.3) is 5.56 Å². The van der Waals surface area contributed by atoms with Crippen LogP contribution in [-0.2, 0) is 0 Å². The monoisotopic (exact) mass is 472 g/mol. The van der Waals surface area contributed by atoms with E-state index in [4.69, 9.17) is 22.3 Å². The molecule has 1 aliphatic heterocycles. The Morgan fingerprint density at radius 1 is 1.06 bits per heavy atom. The van der Waals surface area contributed by atoms with Gasteiger partial charge in [0.2, 0.25) is 5.95 Å². The molecule has 0 unspecified atom stereocenters. The average Bonchev–Trinajstić information content (AvgIpc) is 3.45. The third kappa shape index (κ3) is 3.12. The lowest BCUT2D eigenvalue weighted by Gasteiger charge is -2.31. The highest BCUT2D eigenvalue weighted by Gasteiger charge is 2.38. The van der Waals surface area contributed by atoms with E-state index in [1.807, 2.05) is 42.5 Å². The molecule has 0 spiro atoms. The maximum Gasteiger partial charge on any atom is 0.267 e. The van der Waals surface area contributed by atoms with E-state index in [0.717, 1.165) is 18.5 Å². The minimum atomic E-state index is -0.230. The fourth-order valence-electron chi connectivity index (χ4n) is 4.87. The summed E-state index contributed by atoms with van der Waals surface area (Å²) in [7, 11) is 0. The highest BCUT2D eigenvalue weighted by Crippen LogP contribution is 2.41. The molecule has 0 bridgehead atoms. The lowest BCUT2D eigenvalue weighted by atomic mass is 10.1. The summed E-state index contributed by atoms with van der Waals surface area (Å²) in [6.45, 7) is 2.13. The number of benzene rings is 2. The summed E-state index contributed by atoms with van der Waals surface area (Å²) in [4.78, 5) is 37.2. The molecule has 1 aliphatic rings. The zero-order valence-corrected chi connectivity index (χ0v) is 19.1. The van der Waals surface area contributed by atoms with Crippen molar-refractivity contribution in [1.82, 2.24) is 29.5 Å². The second kappa shape index (κ2) is 7.81. The molecule has 170 valence electrons. The number of fused-ring (bicyclic) bond motifs is 2. The Bertz CT molecular complexity index is 1600. The molecule has 34 heavy (non-hydrogen) atoms. The number of nitrogen functional groups attached to an aromatic ring is 1. The van der Waals surface area contributed by atoms with Crippen molar-refractivity contribution >= 4 is 45.4 Å². The highest BCUT2D eigenvalue weighted by atomic mass is 35.5. The number of aromatic nitrogens is 6. The molecule has 0 saturated carbocycles. The predicted molar refractivity (Wildman–Crippen MR) is 132 cm³/mol. The van der Waals surface area contributed by atoms with Gasteiger partial charge in [0.05, 0.1) is 34.0 Å². The van der Waals surface area contributed by atoms with Gasteiger partial charge in [-0.15, -0.1) is 0 Å². The van der Waals surface area contributed by atoms with E-state index in [9.17, 15) is 4.79 Å². The molecular weight excluding hydrogens is 452 g/mol. The van der Waals surface area contributed by atoms with E-state index in [1.54, 1.807) is 17.0 Å². The van der Waals surface area contributed by atoms with Gasteiger partial charge in [-0.25, -0.2) is 9.97 Å². The number of halogens is 1. The predicted octanol–water partition coefficient (Wildman–Crippen LogP) is 4.02. The molecule has 0 amide bonds. The minimum Gasteiger partial charge on any atom is -0.368 e. The number of anilines is 2. The van der Waals surface area contributed by atoms with Crippen molar-refractivity contribution in [2.75, 3.05) is 10.6 Å². The van der Waals surface area contributed by atoms with E-state index in [0.29, 0.717) is 38.7 Å². The zero-order valence-electron chi connectivity index (χ0n) is 18.3. The first-order chi connectivity index (χ1) is 16.5. The first-order valence-electron chi connectivity index (χ1n) is 11.0. The van der Waals surface area contributed by atoms with E-state index < -0.39 is 0 Å². The van der Waals surface area contributed by atoms with Gasteiger partial charge in [0.15, 0.2) is 11.5 Å². The molecular formula is C24H21ClN8O. The lowest BCUT2D eigenvalue weighted by molar-refractivity contribution is 0.617. The second-order valence-corrected chi connectivity index (χ2v) is 8.84. The van der Waals surface area contributed by atoms with Gasteiger partial charge >= 0.3 is 0 Å². The first kappa shape index (κ1) is 20.6. The average molecular weight is 473 g/mol. The van der Waals surface area contributed by atoms with Crippen LogP contribution >= 0.6 is 11.6 Å². The van der Waals surface area contributed by atoms with Crippen LogP contribution in [0.4, 0.5) is 11.8 Å². The number of nitrogens with two attached hydrogens (primary N) is 1. The van der Waals surface area contributed by atoms with Crippen LogP contribution in [0.5, 0.6) is 0 Å². The number of hydrogen-bond acceptors (Lipinski definition) is 7. The Balaban J connectivity index is 1.64. The minimum absolute atomic E-state index is 0.127. The van der Waals surface area contributed by atoms with Gasteiger partial charge in [0.1, 0.15) is 11.3 Å². The van der Waals surface area contributed by atoms with Gasteiger partial charge in [-0.05, 0) is 44.0 Å². The number of aromatic amines is 1. The number of nitrogens with one attached hydrogen (secondary N) is 1. The number of imidazole rings is 1. The maximum atomic E-state index is 13.8. The van der Waals surface area contributed by atoms with E-state index >= 15 is 0 Å². The molecule has 0 aliphatic carbocycles. The van der Waals surface area contributed by atoms with Crippen molar-refractivity contribution in [2.24, 2.45) is 0 Å². The molecule has 1 saturated heterocycles. The summed E-state index contributed by atoms with van der Waals surface area (Å²) in [6, 6.07) is 14.7. The normalized spacial score (nSPS) is 18.2. The Kier molecular flexibility index (Phi) is 4.73. The number of H-pyrrole nitrogens is 1. The molecule has 1 fully saturated rings. The van der Waals surface area contributed by atoms with Crippen LogP contribution in [0.1, 0.15) is 31.6 Å². The molecule has 6 rings (SSSR count). The molecule has 5 aromatic rings. The summed E-state index contributed by atoms with van der Waals surface area (Å²) in [5, 5.41) is 0.780. The molecule has 3 N–H and O–H groups in total. The number of rotatable bonds is 3. The second-order valence-electron chi connectivity index (χ2n) is 8.44. The van der Waals surface area contributed by atoms with Crippen LogP contribution in [0.2, 0.25) is 5.02 Å². The lowest BCUT2D eigenvalue weighted by Crippen LogP contribution is -2.35. The van der Waals surface area contributed by atoms with Crippen molar-refractivity contribution in [3.8, 4) is 5.69 Å². The molecule has 9 nitrogen and oxygen atoms in total. The molecule has 0 radical (unpaired) electrons. The highest BCUT2D eigenvalue weighted by molar-refractivity contribution is 6.35. The largest absolute Gasteiger partial charge is 0.368 e. The van der Waals surface area contributed by atoms with Gasteiger partial charge in [-0.2, -0.15) is 9.97 Å². The number of para-hydroxylation sites is 1. The third-order valence-electron chi connectivity index (χ3n) is 6.38.